The lowest BCUT2D eigenvalue weighted by molar-refractivity contribution is 0.0614. The molecule has 0 fully saturated rings. The number of hydrogen-bond acceptors (Lipinski definition) is 3. The van der Waals surface area contributed by atoms with Crippen LogP contribution in [0.25, 0.3) is 0 Å². The Morgan fingerprint density at radius 1 is 1.33 bits per heavy atom. The molecule has 4 nitrogen and oxygen atoms in total. The van der Waals surface area contributed by atoms with Gasteiger partial charge in [0.1, 0.15) is 0 Å². The van der Waals surface area contributed by atoms with Crippen LogP contribution in [0, 0.1) is 11.6 Å². The smallest absolute Gasteiger partial charge is 0.261 e. The molecule has 0 aliphatic carbocycles. The summed E-state index contributed by atoms with van der Waals surface area (Å²) in [4.78, 5) is 12.9. The number of carbonyl (C=O) groups excluding carboxylic acids is 1. The van der Waals surface area contributed by atoms with E-state index in [1.54, 1.807) is 13.8 Å². The van der Waals surface area contributed by atoms with Gasteiger partial charge >= 0.3 is 0 Å². The Hall–Kier alpha value is -1.21. The molecule has 1 rings (SSSR count). The summed E-state index contributed by atoms with van der Waals surface area (Å²) in [6, 6.07) is 1.19. The Balaban J connectivity index is 3.43. The molecule has 0 atom stereocenters. The Kier molecular flexibility index (Phi) is 5.00. The van der Waals surface area contributed by atoms with Crippen molar-refractivity contribution in [1.29, 1.82) is 0 Å². The highest BCUT2D eigenvalue weighted by molar-refractivity contribution is 8.13. The molecule has 1 amide bonds. The Bertz CT molecular complexity index is 674. The Labute approximate surface area is 127 Å². The largest absolute Gasteiger partial charge is 0.337 e. The summed E-state index contributed by atoms with van der Waals surface area (Å²) >= 11 is 0. The van der Waals surface area contributed by atoms with Crippen LogP contribution in [-0.2, 0) is 9.05 Å². The van der Waals surface area contributed by atoms with Gasteiger partial charge in [-0.05, 0) is 32.4 Å². The van der Waals surface area contributed by atoms with E-state index >= 15 is 0 Å². The number of hydrogen-bond donors (Lipinski definition) is 0. The molecular formula is C13H16ClF2NO3S. The fourth-order valence-electron chi connectivity index (χ4n) is 1.55. The van der Waals surface area contributed by atoms with Crippen molar-refractivity contribution in [3.8, 4) is 0 Å². The van der Waals surface area contributed by atoms with Crippen molar-refractivity contribution in [2.24, 2.45) is 0 Å². The number of amides is 1. The average molecular weight is 340 g/mol. The summed E-state index contributed by atoms with van der Waals surface area (Å²) in [6.07, 6.45) is 0.576. The zero-order chi connectivity index (χ0) is 16.6. The second-order valence-corrected chi connectivity index (χ2v) is 7.80. The van der Waals surface area contributed by atoms with Gasteiger partial charge in [0.25, 0.3) is 15.0 Å². The van der Waals surface area contributed by atoms with E-state index in [-0.39, 0.29) is 0 Å². The normalized spacial score (nSPS) is 12.3. The molecule has 0 spiro atoms. The molecule has 0 radical (unpaired) electrons. The van der Waals surface area contributed by atoms with Crippen LogP contribution in [0.5, 0.6) is 0 Å². The first kappa shape index (κ1) is 17.8. The van der Waals surface area contributed by atoms with Crippen molar-refractivity contribution >= 4 is 25.6 Å². The SMILES string of the molecule is CCC(C)(C)N(C)C(=O)c1cc(S(=O)(=O)Cl)cc(F)c1F. The van der Waals surface area contributed by atoms with Crippen LogP contribution in [0.15, 0.2) is 17.0 Å². The second kappa shape index (κ2) is 5.88. The van der Waals surface area contributed by atoms with E-state index in [0.717, 1.165) is 6.07 Å². The van der Waals surface area contributed by atoms with Gasteiger partial charge in [-0.25, -0.2) is 17.2 Å². The maximum absolute atomic E-state index is 13.8. The molecular weight excluding hydrogens is 324 g/mol. The van der Waals surface area contributed by atoms with Crippen LogP contribution < -0.4 is 0 Å². The molecule has 0 saturated heterocycles. The summed E-state index contributed by atoms with van der Waals surface area (Å²) in [5.41, 5.74) is -1.27. The first-order chi connectivity index (χ1) is 9.41. The number of carbonyl (C=O) groups is 1. The molecule has 0 unspecified atom stereocenters. The molecule has 0 aliphatic rings. The second-order valence-electron chi connectivity index (χ2n) is 5.23. The number of rotatable bonds is 4. The molecule has 1 aromatic carbocycles. The van der Waals surface area contributed by atoms with Crippen molar-refractivity contribution in [2.45, 2.75) is 37.6 Å². The predicted octanol–water partition coefficient (Wildman–Crippen LogP) is 3.15. The van der Waals surface area contributed by atoms with E-state index in [1.165, 1.54) is 11.9 Å². The highest BCUT2D eigenvalue weighted by Crippen LogP contribution is 2.25. The van der Waals surface area contributed by atoms with E-state index in [1.807, 2.05) is 6.92 Å². The molecule has 0 aromatic heterocycles. The summed E-state index contributed by atoms with van der Waals surface area (Å²) in [5.74, 6) is -3.66. The van der Waals surface area contributed by atoms with E-state index in [9.17, 15) is 22.0 Å². The lowest BCUT2D eigenvalue weighted by atomic mass is 9.98. The van der Waals surface area contributed by atoms with E-state index in [0.29, 0.717) is 12.5 Å². The molecule has 0 saturated carbocycles. The number of nitrogens with zero attached hydrogens (tertiary/aromatic N) is 1. The van der Waals surface area contributed by atoms with Gasteiger partial charge in [0.2, 0.25) is 0 Å². The van der Waals surface area contributed by atoms with Crippen molar-refractivity contribution in [3.63, 3.8) is 0 Å². The van der Waals surface area contributed by atoms with Crippen LogP contribution in [-0.4, -0.2) is 31.8 Å². The van der Waals surface area contributed by atoms with Crippen molar-refractivity contribution < 1.29 is 22.0 Å². The van der Waals surface area contributed by atoms with Crippen molar-refractivity contribution in [1.82, 2.24) is 4.90 Å². The first-order valence-corrected chi connectivity index (χ1v) is 8.44. The lowest BCUT2D eigenvalue weighted by Crippen LogP contribution is -2.44. The van der Waals surface area contributed by atoms with Crippen LogP contribution in [0.3, 0.4) is 0 Å². The summed E-state index contributed by atoms with van der Waals surface area (Å²) in [6.45, 7) is 5.34. The Morgan fingerprint density at radius 2 is 1.86 bits per heavy atom. The molecule has 0 N–H and O–H groups in total. The molecule has 8 heteroatoms. The third-order valence-corrected chi connectivity index (χ3v) is 4.92. The fourth-order valence-corrected chi connectivity index (χ4v) is 2.32. The van der Waals surface area contributed by atoms with E-state index in [2.05, 4.69) is 0 Å². The minimum Gasteiger partial charge on any atom is -0.337 e. The fraction of sp³-hybridized carbons (Fsp3) is 0.462. The van der Waals surface area contributed by atoms with Gasteiger partial charge in [0.15, 0.2) is 11.6 Å². The summed E-state index contributed by atoms with van der Waals surface area (Å²) in [7, 11) is 2.28. The van der Waals surface area contributed by atoms with Gasteiger partial charge in [-0.2, -0.15) is 0 Å². The van der Waals surface area contributed by atoms with Crippen LogP contribution in [0.2, 0.25) is 0 Å². The van der Waals surface area contributed by atoms with Gasteiger partial charge in [-0.15, -0.1) is 0 Å². The maximum Gasteiger partial charge on any atom is 0.261 e. The topological polar surface area (TPSA) is 54.5 Å². The molecule has 118 valence electrons. The van der Waals surface area contributed by atoms with Crippen molar-refractivity contribution in [2.75, 3.05) is 7.05 Å². The number of benzene rings is 1. The zero-order valence-corrected chi connectivity index (χ0v) is 13.6. The molecule has 21 heavy (non-hydrogen) atoms. The third kappa shape index (κ3) is 3.71. The van der Waals surface area contributed by atoms with Crippen LogP contribution in [0.1, 0.15) is 37.6 Å². The van der Waals surface area contributed by atoms with Gasteiger partial charge in [0, 0.05) is 23.3 Å². The average Bonchev–Trinajstić information content (AvgIpc) is 2.38. The van der Waals surface area contributed by atoms with E-state index in [4.69, 9.17) is 10.7 Å². The molecule has 0 heterocycles. The van der Waals surface area contributed by atoms with Gasteiger partial charge in [0.05, 0.1) is 10.5 Å². The third-order valence-electron chi connectivity index (χ3n) is 3.59. The first-order valence-electron chi connectivity index (χ1n) is 6.13. The predicted molar refractivity (Wildman–Crippen MR) is 75.9 cm³/mol. The number of halogens is 3. The van der Waals surface area contributed by atoms with Gasteiger partial charge in [-0.3, -0.25) is 4.79 Å². The van der Waals surface area contributed by atoms with Crippen molar-refractivity contribution in [3.05, 3.63) is 29.3 Å². The van der Waals surface area contributed by atoms with E-state index < -0.39 is 42.6 Å². The van der Waals surface area contributed by atoms with Crippen LogP contribution >= 0.6 is 10.7 Å². The van der Waals surface area contributed by atoms with Gasteiger partial charge in [-0.1, -0.05) is 6.92 Å². The maximum atomic E-state index is 13.8. The highest BCUT2D eigenvalue weighted by atomic mass is 35.7. The quantitative estimate of drug-likeness (QED) is 0.792. The summed E-state index contributed by atoms with van der Waals surface area (Å²) in [5, 5.41) is 0. The summed E-state index contributed by atoms with van der Waals surface area (Å²) < 4.78 is 49.8. The van der Waals surface area contributed by atoms with Gasteiger partial charge < -0.3 is 4.90 Å². The molecule has 0 aliphatic heterocycles. The monoisotopic (exact) mass is 339 g/mol. The zero-order valence-electron chi connectivity index (χ0n) is 12.1. The van der Waals surface area contributed by atoms with Crippen LogP contribution in [0.4, 0.5) is 8.78 Å². The minimum atomic E-state index is -4.27. The Morgan fingerprint density at radius 3 is 2.29 bits per heavy atom. The highest BCUT2D eigenvalue weighted by Gasteiger charge is 2.30. The standard InChI is InChI=1S/C13H16ClF2NO3S/c1-5-13(2,3)17(4)12(18)9-6-8(21(14,19)20)7-10(15)11(9)16/h6-7H,5H2,1-4H3. The molecule has 1 aromatic rings. The molecule has 0 bridgehead atoms. The lowest BCUT2D eigenvalue weighted by Gasteiger charge is -2.35. The minimum absolute atomic E-state index is 0.444.